The third-order valence-corrected chi connectivity index (χ3v) is 4.85. The summed E-state index contributed by atoms with van der Waals surface area (Å²) in [4.78, 5) is 18.9. The standard InChI is InChI=1S/C24H28N4O/c1-4-28(5-2)22-13-10-20(11-14-22)27-21-12-15-23(25-17-21)24(29)26-16-19-8-6-18(3)7-9-19/h6-15,17,27H,4-5,16H2,1-3H3,(H,26,29). The molecule has 0 unspecified atom stereocenters. The average molecular weight is 389 g/mol. The highest BCUT2D eigenvalue weighted by molar-refractivity contribution is 5.92. The Balaban J connectivity index is 1.56. The van der Waals surface area contributed by atoms with Crippen molar-refractivity contribution in [2.45, 2.75) is 27.3 Å². The van der Waals surface area contributed by atoms with E-state index in [1.165, 1.54) is 11.3 Å². The van der Waals surface area contributed by atoms with Gasteiger partial charge in [-0.2, -0.15) is 0 Å². The van der Waals surface area contributed by atoms with Crippen molar-refractivity contribution in [1.82, 2.24) is 10.3 Å². The van der Waals surface area contributed by atoms with Crippen molar-refractivity contribution in [3.63, 3.8) is 0 Å². The Morgan fingerprint density at radius 2 is 1.55 bits per heavy atom. The second kappa shape index (κ2) is 9.73. The Kier molecular flexibility index (Phi) is 6.85. The maximum atomic E-state index is 12.3. The first-order valence-corrected chi connectivity index (χ1v) is 10.0. The molecule has 1 amide bonds. The van der Waals surface area contributed by atoms with Gasteiger partial charge in [0.1, 0.15) is 5.69 Å². The van der Waals surface area contributed by atoms with Crippen LogP contribution in [-0.2, 0) is 6.54 Å². The lowest BCUT2D eigenvalue weighted by molar-refractivity contribution is 0.0946. The molecule has 2 N–H and O–H groups in total. The molecule has 0 spiro atoms. The summed E-state index contributed by atoms with van der Waals surface area (Å²) in [7, 11) is 0. The van der Waals surface area contributed by atoms with Crippen LogP contribution in [0.15, 0.2) is 66.9 Å². The maximum absolute atomic E-state index is 12.3. The fourth-order valence-corrected chi connectivity index (χ4v) is 3.09. The number of amides is 1. The van der Waals surface area contributed by atoms with E-state index in [0.717, 1.165) is 30.0 Å². The molecule has 5 heteroatoms. The van der Waals surface area contributed by atoms with Crippen LogP contribution in [0.2, 0.25) is 0 Å². The lowest BCUT2D eigenvalue weighted by atomic mass is 10.1. The SMILES string of the molecule is CCN(CC)c1ccc(Nc2ccc(C(=O)NCc3ccc(C)cc3)nc2)cc1. The molecule has 0 atom stereocenters. The third-order valence-electron chi connectivity index (χ3n) is 4.85. The first-order valence-electron chi connectivity index (χ1n) is 10.0. The number of hydrogen-bond acceptors (Lipinski definition) is 4. The van der Waals surface area contributed by atoms with Crippen molar-refractivity contribution in [2.75, 3.05) is 23.3 Å². The summed E-state index contributed by atoms with van der Waals surface area (Å²) in [6.07, 6.45) is 1.68. The van der Waals surface area contributed by atoms with Crippen LogP contribution >= 0.6 is 0 Å². The van der Waals surface area contributed by atoms with Gasteiger partial charge in [0.05, 0.1) is 11.9 Å². The topological polar surface area (TPSA) is 57.3 Å². The van der Waals surface area contributed by atoms with Crippen LogP contribution in [0.1, 0.15) is 35.5 Å². The summed E-state index contributed by atoms with van der Waals surface area (Å²) < 4.78 is 0. The number of nitrogens with one attached hydrogen (secondary N) is 2. The van der Waals surface area contributed by atoms with Crippen molar-refractivity contribution in [2.24, 2.45) is 0 Å². The molecule has 5 nitrogen and oxygen atoms in total. The molecule has 0 aliphatic rings. The minimum atomic E-state index is -0.180. The van der Waals surface area contributed by atoms with Gasteiger partial charge in [-0.05, 0) is 62.7 Å². The lowest BCUT2D eigenvalue weighted by Gasteiger charge is -2.21. The van der Waals surface area contributed by atoms with Gasteiger partial charge in [-0.15, -0.1) is 0 Å². The van der Waals surface area contributed by atoms with Crippen molar-refractivity contribution in [3.8, 4) is 0 Å². The molecule has 150 valence electrons. The third kappa shape index (κ3) is 5.57. The zero-order chi connectivity index (χ0) is 20.6. The highest BCUT2D eigenvalue weighted by Crippen LogP contribution is 2.21. The molecule has 3 aromatic rings. The molecule has 29 heavy (non-hydrogen) atoms. The van der Waals surface area contributed by atoms with Crippen molar-refractivity contribution in [3.05, 3.63) is 83.7 Å². The Labute approximate surface area is 172 Å². The summed E-state index contributed by atoms with van der Waals surface area (Å²) in [5.41, 5.74) is 5.71. The predicted octanol–water partition coefficient (Wildman–Crippen LogP) is 4.91. The van der Waals surface area contributed by atoms with Crippen LogP contribution in [0.4, 0.5) is 17.1 Å². The van der Waals surface area contributed by atoms with Gasteiger partial charge >= 0.3 is 0 Å². The number of anilines is 3. The number of rotatable bonds is 8. The Hall–Kier alpha value is -3.34. The number of carbonyl (C=O) groups excluding carboxylic acids is 1. The van der Waals surface area contributed by atoms with E-state index in [2.05, 4.69) is 58.6 Å². The molecule has 0 saturated heterocycles. The molecule has 2 aromatic carbocycles. The van der Waals surface area contributed by atoms with E-state index in [0.29, 0.717) is 12.2 Å². The van der Waals surface area contributed by atoms with Gasteiger partial charge < -0.3 is 15.5 Å². The van der Waals surface area contributed by atoms with E-state index < -0.39 is 0 Å². The van der Waals surface area contributed by atoms with Crippen LogP contribution < -0.4 is 15.5 Å². The van der Waals surface area contributed by atoms with E-state index in [1.807, 2.05) is 37.3 Å². The number of carbonyl (C=O) groups is 1. The van der Waals surface area contributed by atoms with Gasteiger partial charge in [-0.1, -0.05) is 29.8 Å². The number of aromatic nitrogens is 1. The Morgan fingerprint density at radius 3 is 2.14 bits per heavy atom. The minimum absolute atomic E-state index is 0.180. The summed E-state index contributed by atoms with van der Waals surface area (Å²) in [6.45, 7) is 8.81. The molecule has 1 heterocycles. The van der Waals surface area contributed by atoms with Gasteiger partial charge in [-0.25, -0.2) is 4.98 Å². The van der Waals surface area contributed by atoms with Crippen molar-refractivity contribution >= 4 is 23.0 Å². The fraction of sp³-hybridized carbons (Fsp3) is 0.250. The number of benzene rings is 2. The molecule has 1 aromatic heterocycles. The normalized spacial score (nSPS) is 10.4. The highest BCUT2D eigenvalue weighted by atomic mass is 16.1. The van der Waals surface area contributed by atoms with E-state index >= 15 is 0 Å². The molecule has 0 aliphatic carbocycles. The largest absolute Gasteiger partial charge is 0.372 e. The van der Waals surface area contributed by atoms with Gasteiger partial charge in [0.25, 0.3) is 5.91 Å². The van der Waals surface area contributed by atoms with E-state index in [1.54, 1.807) is 12.3 Å². The molecule has 0 radical (unpaired) electrons. The van der Waals surface area contributed by atoms with Crippen molar-refractivity contribution in [1.29, 1.82) is 0 Å². The number of pyridine rings is 1. The molecule has 0 saturated carbocycles. The number of hydrogen-bond donors (Lipinski definition) is 2. The Morgan fingerprint density at radius 1 is 0.897 bits per heavy atom. The number of aryl methyl sites for hydroxylation is 1. The van der Waals surface area contributed by atoms with Crippen LogP contribution in [-0.4, -0.2) is 24.0 Å². The minimum Gasteiger partial charge on any atom is -0.372 e. The summed E-state index contributed by atoms with van der Waals surface area (Å²) in [6, 6.07) is 20.0. The van der Waals surface area contributed by atoms with Gasteiger partial charge in [-0.3, -0.25) is 4.79 Å². The summed E-state index contributed by atoms with van der Waals surface area (Å²) >= 11 is 0. The van der Waals surface area contributed by atoms with Crippen LogP contribution in [0.3, 0.4) is 0 Å². The lowest BCUT2D eigenvalue weighted by Crippen LogP contribution is -2.23. The smallest absolute Gasteiger partial charge is 0.270 e. The summed E-state index contributed by atoms with van der Waals surface area (Å²) in [5.74, 6) is -0.180. The molecule has 3 rings (SSSR count). The zero-order valence-electron chi connectivity index (χ0n) is 17.3. The maximum Gasteiger partial charge on any atom is 0.270 e. The summed E-state index contributed by atoms with van der Waals surface area (Å²) in [5, 5.41) is 6.23. The first-order chi connectivity index (χ1) is 14.1. The Bertz CT molecular complexity index is 915. The second-order valence-corrected chi connectivity index (χ2v) is 6.94. The van der Waals surface area contributed by atoms with Crippen LogP contribution in [0, 0.1) is 6.92 Å². The van der Waals surface area contributed by atoms with Gasteiger partial charge in [0.2, 0.25) is 0 Å². The molecular formula is C24H28N4O. The zero-order valence-corrected chi connectivity index (χ0v) is 17.3. The predicted molar refractivity (Wildman–Crippen MR) is 120 cm³/mol. The molecular weight excluding hydrogens is 360 g/mol. The monoisotopic (exact) mass is 388 g/mol. The second-order valence-electron chi connectivity index (χ2n) is 6.94. The van der Waals surface area contributed by atoms with Gasteiger partial charge in [0, 0.05) is 31.0 Å². The van der Waals surface area contributed by atoms with E-state index in [9.17, 15) is 4.79 Å². The van der Waals surface area contributed by atoms with Crippen LogP contribution in [0.25, 0.3) is 0 Å². The quantitative estimate of drug-likeness (QED) is 0.576. The molecule has 0 aliphatic heterocycles. The number of nitrogens with zero attached hydrogens (tertiary/aromatic N) is 2. The van der Waals surface area contributed by atoms with Crippen molar-refractivity contribution < 1.29 is 4.79 Å². The van der Waals surface area contributed by atoms with Gasteiger partial charge in [0.15, 0.2) is 0 Å². The molecule has 0 bridgehead atoms. The van der Waals surface area contributed by atoms with Crippen LogP contribution in [0.5, 0.6) is 0 Å². The van der Waals surface area contributed by atoms with E-state index in [-0.39, 0.29) is 5.91 Å². The van der Waals surface area contributed by atoms with E-state index in [4.69, 9.17) is 0 Å². The fourth-order valence-electron chi connectivity index (χ4n) is 3.09. The molecule has 0 fully saturated rings. The first kappa shape index (κ1) is 20.4. The highest BCUT2D eigenvalue weighted by Gasteiger charge is 2.07. The average Bonchev–Trinajstić information content (AvgIpc) is 2.76.